The minimum absolute atomic E-state index is 0.0397. The van der Waals surface area contributed by atoms with E-state index in [1.807, 2.05) is 44.2 Å². The van der Waals surface area contributed by atoms with Crippen LogP contribution in [-0.2, 0) is 6.54 Å². The lowest BCUT2D eigenvalue weighted by atomic mass is 10.1. The molecule has 140 valence electrons. The Labute approximate surface area is 156 Å². The molecule has 3 aromatic rings. The van der Waals surface area contributed by atoms with E-state index in [0.717, 1.165) is 5.56 Å². The first-order valence-electron chi connectivity index (χ1n) is 8.49. The fraction of sp³-hybridized carbons (Fsp3) is 0.150. The van der Waals surface area contributed by atoms with Gasteiger partial charge in [0.05, 0.1) is 11.3 Å². The largest absolute Gasteiger partial charge is 0.505 e. The van der Waals surface area contributed by atoms with Crippen LogP contribution in [0.5, 0.6) is 5.75 Å². The van der Waals surface area contributed by atoms with Crippen LogP contribution < -0.4 is 27.2 Å². The van der Waals surface area contributed by atoms with E-state index in [-0.39, 0.29) is 28.4 Å². The van der Waals surface area contributed by atoms with E-state index >= 15 is 0 Å². The Kier molecular flexibility index (Phi) is 6.32. The second-order valence-corrected chi connectivity index (χ2v) is 5.44. The molecule has 5 N–H and O–H groups in total. The summed E-state index contributed by atoms with van der Waals surface area (Å²) in [5, 5.41) is 15.7. The first-order valence-corrected chi connectivity index (χ1v) is 8.49. The molecular formula is C20H21N3O4. The Balaban J connectivity index is 0.00000126. The Morgan fingerprint density at radius 2 is 1.59 bits per heavy atom. The van der Waals surface area contributed by atoms with Crippen molar-refractivity contribution in [3.63, 3.8) is 0 Å². The number of para-hydroxylation sites is 1. The van der Waals surface area contributed by atoms with Crippen LogP contribution in [0.1, 0.15) is 29.8 Å². The van der Waals surface area contributed by atoms with Crippen LogP contribution in [0.3, 0.4) is 0 Å². The van der Waals surface area contributed by atoms with Gasteiger partial charge in [-0.1, -0.05) is 50.2 Å². The molecule has 0 fully saturated rings. The van der Waals surface area contributed by atoms with Crippen LogP contribution in [0.4, 0.5) is 17.1 Å². The number of benzene rings is 2. The number of hydrogen-bond donors (Lipinski definition) is 4. The number of carbonyl (C=O) groups excluding carboxylic acids is 1. The molecule has 0 unspecified atom stereocenters. The highest BCUT2D eigenvalue weighted by Crippen LogP contribution is 2.31. The first-order chi connectivity index (χ1) is 13.0. The number of carbonyl (C=O) groups is 1. The number of nitrogens with one attached hydrogen (secondary N) is 2. The molecule has 0 heterocycles. The van der Waals surface area contributed by atoms with E-state index < -0.39 is 16.8 Å². The molecule has 1 amide bonds. The highest BCUT2D eigenvalue weighted by Gasteiger charge is 2.22. The molecule has 0 bridgehead atoms. The van der Waals surface area contributed by atoms with Crippen molar-refractivity contribution in [2.45, 2.75) is 20.4 Å². The van der Waals surface area contributed by atoms with Crippen molar-refractivity contribution in [1.29, 1.82) is 0 Å². The topological polar surface area (TPSA) is 122 Å². The Morgan fingerprint density at radius 3 is 2.22 bits per heavy atom. The molecule has 7 nitrogen and oxygen atoms in total. The number of anilines is 3. The summed E-state index contributed by atoms with van der Waals surface area (Å²) >= 11 is 0. The van der Waals surface area contributed by atoms with Gasteiger partial charge in [0.25, 0.3) is 16.8 Å². The Bertz CT molecular complexity index is 1010. The number of aromatic hydroxyl groups is 1. The second kappa shape index (κ2) is 8.66. The van der Waals surface area contributed by atoms with Gasteiger partial charge in [0.1, 0.15) is 11.4 Å². The molecule has 3 rings (SSSR count). The van der Waals surface area contributed by atoms with Crippen LogP contribution in [0.2, 0.25) is 0 Å². The second-order valence-electron chi connectivity index (χ2n) is 5.44. The summed E-state index contributed by atoms with van der Waals surface area (Å²) in [6, 6.07) is 13.7. The fourth-order valence-electron chi connectivity index (χ4n) is 2.44. The zero-order valence-electron chi connectivity index (χ0n) is 15.1. The van der Waals surface area contributed by atoms with E-state index in [0.29, 0.717) is 6.54 Å². The smallest absolute Gasteiger partial charge is 0.253 e. The third-order valence-corrected chi connectivity index (χ3v) is 3.78. The van der Waals surface area contributed by atoms with E-state index in [4.69, 9.17) is 5.73 Å². The fourth-order valence-corrected chi connectivity index (χ4v) is 2.44. The summed E-state index contributed by atoms with van der Waals surface area (Å²) in [6.07, 6.45) is 0. The lowest BCUT2D eigenvalue weighted by Crippen LogP contribution is -2.36. The summed E-state index contributed by atoms with van der Waals surface area (Å²) in [7, 11) is 0. The maximum absolute atomic E-state index is 11.8. The van der Waals surface area contributed by atoms with Gasteiger partial charge in [-0.15, -0.1) is 0 Å². The normalized spacial score (nSPS) is 10.0. The molecule has 0 saturated carbocycles. The minimum atomic E-state index is -0.798. The standard InChI is InChI=1S/C18H15N3O4.C2H6/c19-18(25)11-7-4-8-12(15(11)22)21-14-13(16(23)17(14)24)20-9-10-5-2-1-3-6-10;1-2/h1-8,20-22H,9H2,(H2,19,25);1-2H3. The van der Waals surface area contributed by atoms with Crippen molar-refractivity contribution >= 4 is 23.0 Å². The van der Waals surface area contributed by atoms with E-state index in [1.54, 1.807) is 0 Å². The third-order valence-electron chi connectivity index (χ3n) is 3.78. The van der Waals surface area contributed by atoms with Gasteiger partial charge < -0.3 is 21.5 Å². The molecule has 3 aromatic carbocycles. The molecule has 0 aromatic heterocycles. The number of primary amides is 1. The van der Waals surface area contributed by atoms with Gasteiger partial charge in [0.15, 0.2) is 5.75 Å². The number of amides is 1. The van der Waals surface area contributed by atoms with Gasteiger partial charge in [-0.3, -0.25) is 14.4 Å². The molecular weight excluding hydrogens is 346 g/mol. The summed E-state index contributed by atoms with van der Waals surface area (Å²) in [5.74, 6) is -1.18. The summed E-state index contributed by atoms with van der Waals surface area (Å²) in [4.78, 5) is 34.9. The predicted molar refractivity (Wildman–Crippen MR) is 106 cm³/mol. The van der Waals surface area contributed by atoms with Crippen molar-refractivity contribution in [2.24, 2.45) is 5.73 Å². The van der Waals surface area contributed by atoms with Crippen molar-refractivity contribution < 1.29 is 9.90 Å². The SMILES string of the molecule is CC.NC(=O)c1cccc(Nc2c(NCc3ccccc3)c(=O)c2=O)c1O. The maximum atomic E-state index is 11.8. The van der Waals surface area contributed by atoms with E-state index in [9.17, 15) is 19.5 Å². The molecule has 27 heavy (non-hydrogen) atoms. The van der Waals surface area contributed by atoms with Crippen LogP contribution in [0, 0.1) is 0 Å². The van der Waals surface area contributed by atoms with Crippen LogP contribution in [-0.4, -0.2) is 11.0 Å². The number of phenols is 1. The summed E-state index contributed by atoms with van der Waals surface area (Å²) < 4.78 is 0. The molecule has 0 atom stereocenters. The average Bonchev–Trinajstić information content (AvgIpc) is 2.70. The average molecular weight is 367 g/mol. The molecule has 0 saturated heterocycles. The van der Waals surface area contributed by atoms with Crippen LogP contribution in [0.25, 0.3) is 0 Å². The Morgan fingerprint density at radius 1 is 0.963 bits per heavy atom. The van der Waals surface area contributed by atoms with Crippen molar-refractivity contribution in [1.82, 2.24) is 0 Å². The number of nitrogens with two attached hydrogens (primary N) is 1. The van der Waals surface area contributed by atoms with E-state index in [2.05, 4.69) is 10.6 Å². The highest BCUT2D eigenvalue weighted by atomic mass is 16.3. The predicted octanol–water partition coefficient (Wildman–Crippen LogP) is 2.47. The van der Waals surface area contributed by atoms with Gasteiger partial charge in [-0.2, -0.15) is 0 Å². The highest BCUT2D eigenvalue weighted by molar-refractivity contribution is 5.98. The molecule has 0 aliphatic carbocycles. The maximum Gasteiger partial charge on any atom is 0.253 e. The van der Waals surface area contributed by atoms with Crippen molar-refractivity contribution in [3.8, 4) is 5.75 Å². The zero-order chi connectivity index (χ0) is 20.0. The van der Waals surface area contributed by atoms with E-state index in [1.165, 1.54) is 18.2 Å². The quantitative estimate of drug-likeness (QED) is 0.392. The molecule has 0 radical (unpaired) electrons. The summed E-state index contributed by atoms with van der Waals surface area (Å²) in [6.45, 7) is 4.37. The van der Waals surface area contributed by atoms with Gasteiger partial charge >= 0.3 is 0 Å². The van der Waals surface area contributed by atoms with Crippen molar-refractivity contribution in [3.05, 3.63) is 80.1 Å². The summed E-state index contributed by atoms with van der Waals surface area (Å²) in [5.41, 5.74) is 5.00. The lowest BCUT2D eigenvalue weighted by Gasteiger charge is -2.16. The van der Waals surface area contributed by atoms with Gasteiger partial charge in [0.2, 0.25) is 0 Å². The molecule has 0 aliphatic rings. The minimum Gasteiger partial charge on any atom is -0.505 e. The van der Waals surface area contributed by atoms with Gasteiger partial charge in [-0.25, -0.2) is 0 Å². The van der Waals surface area contributed by atoms with Crippen LogP contribution in [0.15, 0.2) is 58.1 Å². The van der Waals surface area contributed by atoms with Crippen molar-refractivity contribution in [2.75, 3.05) is 10.6 Å². The zero-order valence-corrected chi connectivity index (χ0v) is 15.1. The molecule has 0 spiro atoms. The monoisotopic (exact) mass is 367 g/mol. The molecule has 7 heteroatoms. The van der Waals surface area contributed by atoms with Gasteiger partial charge in [-0.05, 0) is 17.7 Å². The lowest BCUT2D eigenvalue weighted by molar-refractivity contribution is 0.0998. The van der Waals surface area contributed by atoms with Crippen LogP contribution >= 0.6 is 0 Å². The van der Waals surface area contributed by atoms with Gasteiger partial charge in [0, 0.05) is 6.54 Å². The first kappa shape index (κ1) is 19.7. The molecule has 0 aliphatic heterocycles. The number of rotatable bonds is 6. The Hall–Kier alpha value is -3.61. The third kappa shape index (κ3) is 4.14. The number of hydrogen-bond acceptors (Lipinski definition) is 6.